The zero-order valence-electron chi connectivity index (χ0n) is 11.3. The molecule has 0 unspecified atom stereocenters. The van der Waals surface area contributed by atoms with E-state index in [4.69, 9.17) is 4.74 Å². The molecule has 2 rings (SSSR count). The maximum absolute atomic E-state index is 10.5. The van der Waals surface area contributed by atoms with Crippen molar-refractivity contribution in [1.82, 2.24) is 0 Å². The molecule has 0 spiro atoms. The van der Waals surface area contributed by atoms with Gasteiger partial charge < -0.3 is 9.29 Å². The summed E-state index contributed by atoms with van der Waals surface area (Å²) < 4.78 is 38.9. The molecule has 0 atom stereocenters. The molecule has 1 aromatic carbocycles. The molecule has 20 heavy (non-hydrogen) atoms. The van der Waals surface area contributed by atoms with E-state index in [1.165, 1.54) is 0 Å². The SMILES string of the molecule is COc1ccc2c(ccc[n+]2CCCCS(=O)(=O)[O-])c1. The zero-order chi connectivity index (χ0) is 14.6. The van der Waals surface area contributed by atoms with E-state index in [1.54, 1.807) is 7.11 Å². The number of methoxy groups -OCH3 is 1. The lowest BCUT2D eigenvalue weighted by molar-refractivity contribution is -0.671. The van der Waals surface area contributed by atoms with Gasteiger partial charge in [0, 0.05) is 24.3 Å². The van der Waals surface area contributed by atoms with Gasteiger partial charge in [-0.1, -0.05) is 0 Å². The van der Waals surface area contributed by atoms with Crippen molar-refractivity contribution < 1.29 is 22.3 Å². The van der Waals surface area contributed by atoms with E-state index >= 15 is 0 Å². The quantitative estimate of drug-likeness (QED) is 0.459. The first-order valence-electron chi connectivity index (χ1n) is 6.39. The highest BCUT2D eigenvalue weighted by Crippen LogP contribution is 2.17. The summed E-state index contributed by atoms with van der Waals surface area (Å²) in [5, 5.41) is 1.06. The third-order valence-electron chi connectivity index (χ3n) is 3.13. The maximum Gasteiger partial charge on any atom is 0.212 e. The van der Waals surface area contributed by atoms with Crippen LogP contribution < -0.4 is 9.30 Å². The highest BCUT2D eigenvalue weighted by molar-refractivity contribution is 7.85. The third kappa shape index (κ3) is 3.91. The summed E-state index contributed by atoms with van der Waals surface area (Å²) in [6.45, 7) is 0.680. The van der Waals surface area contributed by atoms with E-state index < -0.39 is 10.1 Å². The standard InChI is InChI=1S/C14H17NO4S/c1-19-13-6-7-14-12(11-13)5-4-9-15(14)8-2-3-10-20(16,17)18/h4-7,9,11H,2-3,8,10H2,1H3. The number of aromatic nitrogens is 1. The Bertz CT molecular complexity index is 697. The van der Waals surface area contributed by atoms with Crippen molar-refractivity contribution in [3.8, 4) is 5.75 Å². The molecule has 0 radical (unpaired) electrons. The Balaban J connectivity index is 2.10. The Kier molecular flexibility index (Phi) is 4.57. The van der Waals surface area contributed by atoms with E-state index in [0.29, 0.717) is 19.4 Å². The fraction of sp³-hybridized carbons (Fsp3) is 0.357. The van der Waals surface area contributed by atoms with Crippen LogP contribution in [0.2, 0.25) is 0 Å². The minimum absolute atomic E-state index is 0.299. The number of hydrogen-bond donors (Lipinski definition) is 0. The smallest absolute Gasteiger partial charge is 0.212 e. The molecule has 0 aliphatic carbocycles. The van der Waals surface area contributed by atoms with Gasteiger partial charge in [0.2, 0.25) is 5.52 Å². The minimum atomic E-state index is -4.11. The molecule has 0 N–H and O–H groups in total. The first kappa shape index (κ1) is 14.7. The number of rotatable bonds is 6. The molecule has 1 heterocycles. The van der Waals surface area contributed by atoms with Gasteiger partial charge in [0.1, 0.15) is 12.3 Å². The Morgan fingerprint density at radius 1 is 1.25 bits per heavy atom. The lowest BCUT2D eigenvalue weighted by Crippen LogP contribution is -2.34. The molecule has 0 saturated carbocycles. The molecule has 6 heteroatoms. The van der Waals surface area contributed by atoms with Gasteiger partial charge in [0.15, 0.2) is 6.20 Å². The summed E-state index contributed by atoms with van der Waals surface area (Å²) in [7, 11) is -2.48. The second-order valence-corrected chi connectivity index (χ2v) is 6.12. The molecular weight excluding hydrogens is 278 g/mol. The molecule has 0 fully saturated rings. The van der Waals surface area contributed by atoms with Crippen molar-refractivity contribution in [2.24, 2.45) is 0 Å². The molecule has 1 aromatic heterocycles. The van der Waals surface area contributed by atoms with Crippen LogP contribution >= 0.6 is 0 Å². The molecule has 0 aliphatic rings. The van der Waals surface area contributed by atoms with Crippen LogP contribution in [0.3, 0.4) is 0 Å². The van der Waals surface area contributed by atoms with Crippen LogP contribution in [0.15, 0.2) is 36.5 Å². The predicted molar refractivity (Wildman–Crippen MR) is 74.5 cm³/mol. The van der Waals surface area contributed by atoms with Gasteiger partial charge in [-0.25, -0.2) is 8.42 Å². The Hall–Kier alpha value is -1.66. The number of unbranched alkanes of at least 4 members (excludes halogenated alkanes) is 1. The van der Waals surface area contributed by atoms with Gasteiger partial charge in [0.05, 0.1) is 22.6 Å². The summed E-state index contributed by atoms with van der Waals surface area (Å²) in [6.07, 6.45) is 2.98. The van der Waals surface area contributed by atoms with Crippen LogP contribution in [0.4, 0.5) is 0 Å². The van der Waals surface area contributed by atoms with Crippen molar-refractivity contribution in [3.05, 3.63) is 36.5 Å². The maximum atomic E-state index is 10.5. The van der Waals surface area contributed by atoms with Gasteiger partial charge in [-0.3, -0.25) is 0 Å². The first-order chi connectivity index (χ1) is 9.49. The number of fused-ring (bicyclic) bond motifs is 1. The van der Waals surface area contributed by atoms with E-state index in [2.05, 4.69) is 0 Å². The van der Waals surface area contributed by atoms with Crippen LogP contribution in [0.1, 0.15) is 12.8 Å². The van der Waals surface area contributed by atoms with E-state index in [-0.39, 0.29) is 5.75 Å². The van der Waals surface area contributed by atoms with Gasteiger partial charge >= 0.3 is 0 Å². The summed E-state index contributed by atoms with van der Waals surface area (Å²) >= 11 is 0. The Labute approximate surface area is 118 Å². The number of aryl methyl sites for hydroxylation is 1. The molecule has 108 valence electrons. The second kappa shape index (κ2) is 6.19. The van der Waals surface area contributed by atoms with Crippen LogP contribution in [0.5, 0.6) is 5.75 Å². The normalized spacial score (nSPS) is 11.7. The largest absolute Gasteiger partial charge is 0.748 e. The van der Waals surface area contributed by atoms with Gasteiger partial charge in [-0.05, 0) is 24.6 Å². The predicted octanol–water partition coefficient (Wildman–Crippen LogP) is 1.46. The number of nitrogens with zero attached hydrogens (tertiary/aromatic N) is 1. The van der Waals surface area contributed by atoms with Crippen LogP contribution in [0.25, 0.3) is 10.9 Å². The average molecular weight is 295 g/mol. The Morgan fingerprint density at radius 3 is 2.75 bits per heavy atom. The molecule has 2 aromatic rings. The topological polar surface area (TPSA) is 70.3 Å². The van der Waals surface area contributed by atoms with Crippen LogP contribution in [-0.2, 0) is 16.7 Å². The molecule has 0 amide bonds. The molecule has 5 nitrogen and oxygen atoms in total. The monoisotopic (exact) mass is 295 g/mol. The summed E-state index contributed by atoms with van der Waals surface area (Å²) in [5.41, 5.74) is 1.05. The third-order valence-corrected chi connectivity index (χ3v) is 3.92. The number of pyridine rings is 1. The molecule has 0 saturated heterocycles. The van der Waals surface area contributed by atoms with Crippen molar-refractivity contribution in [3.63, 3.8) is 0 Å². The molecule has 0 bridgehead atoms. The summed E-state index contributed by atoms with van der Waals surface area (Å²) in [4.78, 5) is 0. The van der Waals surface area contributed by atoms with E-state index in [9.17, 15) is 13.0 Å². The summed E-state index contributed by atoms with van der Waals surface area (Å²) in [6, 6.07) is 9.75. The van der Waals surface area contributed by atoms with Gasteiger partial charge in [-0.2, -0.15) is 4.57 Å². The van der Waals surface area contributed by atoms with E-state index in [1.807, 2.05) is 41.1 Å². The summed E-state index contributed by atoms with van der Waals surface area (Å²) in [5.74, 6) is 0.499. The Morgan fingerprint density at radius 2 is 2.05 bits per heavy atom. The van der Waals surface area contributed by atoms with Crippen molar-refractivity contribution >= 4 is 21.0 Å². The molecular formula is C14H17NO4S. The van der Waals surface area contributed by atoms with Gasteiger partial charge in [-0.15, -0.1) is 0 Å². The highest BCUT2D eigenvalue weighted by Gasteiger charge is 2.09. The highest BCUT2D eigenvalue weighted by atomic mass is 32.2. The number of ether oxygens (including phenoxy) is 1. The van der Waals surface area contributed by atoms with E-state index in [0.717, 1.165) is 16.7 Å². The van der Waals surface area contributed by atoms with Crippen LogP contribution in [-0.4, -0.2) is 25.8 Å². The second-order valence-electron chi connectivity index (χ2n) is 4.60. The lowest BCUT2D eigenvalue weighted by atomic mass is 10.2. The van der Waals surface area contributed by atoms with Gasteiger partial charge in [0.25, 0.3) is 0 Å². The van der Waals surface area contributed by atoms with Crippen molar-refractivity contribution in [1.29, 1.82) is 0 Å². The first-order valence-corrected chi connectivity index (χ1v) is 7.97. The number of hydrogen-bond acceptors (Lipinski definition) is 4. The average Bonchev–Trinajstić information content (AvgIpc) is 2.42. The zero-order valence-corrected chi connectivity index (χ0v) is 12.1. The van der Waals surface area contributed by atoms with Crippen LogP contribution in [0, 0.1) is 0 Å². The van der Waals surface area contributed by atoms with Crippen molar-refractivity contribution in [2.45, 2.75) is 19.4 Å². The fourth-order valence-electron chi connectivity index (χ4n) is 2.14. The van der Waals surface area contributed by atoms with Crippen molar-refractivity contribution in [2.75, 3.05) is 12.9 Å². The number of benzene rings is 1. The minimum Gasteiger partial charge on any atom is -0.748 e. The lowest BCUT2D eigenvalue weighted by Gasteiger charge is -2.06. The fourth-order valence-corrected chi connectivity index (χ4v) is 2.70. The molecule has 0 aliphatic heterocycles.